The second-order valence-corrected chi connectivity index (χ2v) is 6.61. The van der Waals surface area contributed by atoms with E-state index in [1.807, 2.05) is 0 Å². The van der Waals surface area contributed by atoms with E-state index in [0.717, 1.165) is 19.3 Å². The molecule has 1 fully saturated rings. The predicted molar refractivity (Wildman–Crippen MR) is 91.8 cm³/mol. The first-order chi connectivity index (χ1) is 12.5. The summed E-state index contributed by atoms with van der Waals surface area (Å²) >= 11 is 5.66. The van der Waals surface area contributed by atoms with Gasteiger partial charge in [0.25, 0.3) is 11.8 Å². The zero-order valence-electron chi connectivity index (χ0n) is 14.3. The lowest BCUT2D eigenvalue weighted by molar-refractivity contribution is -0.123. The largest absolute Gasteiger partial charge is 0.480 e. The molecule has 2 unspecified atom stereocenters. The van der Waals surface area contributed by atoms with Crippen LogP contribution in [0, 0.1) is 5.92 Å². The fourth-order valence-corrected chi connectivity index (χ4v) is 3.12. The van der Waals surface area contributed by atoms with Crippen LogP contribution in [0.2, 0.25) is 5.15 Å². The molecular weight excluding hydrogens is 362 g/mol. The molecule has 2 N–H and O–H groups in total. The molecule has 26 heavy (non-hydrogen) atoms. The van der Waals surface area contributed by atoms with Crippen molar-refractivity contribution >= 4 is 23.4 Å². The Kier molecular flexibility index (Phi) is 5.77. The number of nitrogens with zero attached hydrogens (tertiary/aromatic N) is 3. The predicted octanol–water partition coefficient (Wildman–Crippen LogP) is 1.16. The molecule has 2 heterocycles. The highest BCUT2D eigenvalue weighted by Crippen LogP contribution is 2.25. The van der Waals surface area contributed by atoms with Crippen molar-refractivity contribution < 1.29 is 18.8 Å². The Morgan fingerprint density at radius 2 is 2.31 bits per heavy atom. The summed E-state index contributed by atoms with van der Waals surface area (Å²) in [6.07, 6.45) is 5.98. The van der Waals surface area contributed by atoms with Crippen molar-refractivity contribution in [3.63, 3.8) is 0 Å². The maximum absolute atomic E-state index is 12.1. The standard InChI is InChI=1S/C16H20ClN5O4/c1-22-8-11(7-19-22)25-9-15(23)18-6-10-3-2-4-12(10)20-16(24)13-5-14(17)21-26-13/h5,7-8,10,12H,2-4,6,9H2,1H3,(H,18,23)(H,20,24). The van der Waals surface area contributed by atoms with Gasteiger partial charge in [0.1, 0.15) is 0 Å². The molecule has 3 rings (SSSR count). The van der Waals surface area contributed by atoms with Crippen molar-refractivity contribution in [2.24, 2.45) is 13.0 Å². The number of aryl methyl sites for hydroxylation is 1. The van der Waals surface area contributed by atoms with Crippen LogP contribution in [-0.2, 0) is 11.8 Å². The minimum absolute atomic E-state index is 0.0362. The number of carbonyl (C=O) groups is 2. The lowest BCUT2D eigenvalue weighted by atomic mass is 10.0. The van der Waals surface area contributed by atoms with Crippen molar-refractivity contribution in [1.29, 1.82) is 0 Å². The van der Waals surface area contributed by atoms with E-state index in [0.29, 0.717) is 12.3 Å². The van der Waals surface area contributed by atoms with E-state index in [1.165, 1.54) is 6.07 Å². The third-order valence-electron chi connectivity index (χ3n) is 4.29. The van der Waals surface area contributed by atoms with Gasteiger partial charge in [0.05, 0.1) is 12.4 Å². The number of halogens is 1. The molecule has 0 aliphatic heterocycles. The second kappa shape index (κ2) is 8.22. The summed E-state index contributed by atoms with van der Waals surface area (Å²) in [5.41, 5.74) is 0. The van der Waals surface area contributed by atoms with Crippen LogP contribution in [0.3, 0.4) is 0 Å². The highest BCUT2D eigenvalue weighted by atomic mass is 35.5. The van der Waals surface area contributed by atoms with E-state index in [9.17, 15) is 9.59 Å². The Labute approximate surface area is 155 Å². The summed E-state index contributed by atoms with van der Waals surface area (Å²) in [6, 6.07) is 1.34. The van der Waals surface area contributed by atoms with E-state index in [2.05, 4.69) is 20.9 Å². The van der Waals surface area contributed by atoms with E-state index >= 15 is 0 Å². The summed E-state index contributed by atoms with van der Waals surface area (Å²) in [5.74, 6) is 0.203. The Bertz CT molecular complexity index is 774. The summed E-state index contributed by atoms with van der Waals surface area (Å²) < 4.78 is 11.8. The smallest absolute Gasteiger partial charge is 0.290 e. The zero-order valence-corrected chi connectivity index (χ0v) is 15.0. The molecule has 0 bridgehead atoms. The zero-order chi connectivity index (χ0) is 18.5. The van der Waals surface area contributed by atoms with Crippen molar-refractivity contribution in [2.75, 3.05) is 13.2 Å². The Hall–Kier alpha value is -2.55. The Balaban J connectivity index is 1.43. The molecule has 10 heteroatoms. The number of aromatic nitrogens is 3. The first kappa shape index (κ1) is 18.2. The minimum Gasteiger partial charge on any atom is -0.480 e. The van der Waals surface area contributed by atoms with Gasteiger partial charge in [0.15, 0.2) is 17.5 Å². The third kappa shape index (κ3) is 4.75. The van der Waals surface area contributed by atoms with Crippen molar-refractivity contribution in [3.8, 4) is 5.75 Å². The SMILES string of the molecule is Cn1cc(OCC(=O)NCC2CCCC2NC(=O)c2cc(Cl)no2)cn1. The number of ether oxygens (including phenoxy) is 1. The number of carbonyl (C=O) groups excluding carboxylic acids is 2. The molecule has 0 saturated heterocycles. The maximum atomic E-state index is 12.1. The van der Waals surface area contributed by atoms with Gasteiger partial charge in [-0.2, -0.15) is 5.10 Å². The first-order valence-electron chi connectivity index (χ1n) is 8.32. The second-order valence-electron chi connectivity index (χ2n) is 6.23. The molecule has 1 saturated carbocycles. The molecule has 9 nitrogen and oxygen atoms in total. The molecule has 1 aliphatic carbocycles. The molecule has 140 valence electrons. The van der Waals surface area contributed by atoms with Gasteiger partial charge in [-0.3, -0.25) is 14.3 Å². The van der Waals surface area contributed by atoms with Gasteiger partial charge in [-0.05, 0) is 18.8 Å². The van der Waals surface area contributed by atoms with Crippen LogP contribution in [0.4, 0.5) is 0 Å². The quantitative estimate of drug-likeness (QED) is 0.744. The van der Waals surface area contributed by atoms with Crippen LogP contribution >= 0.6 is 11.6 Å². The normalized spacial score (nSPS) is 19.3. The van der Waals surface area contributed by atoms with Crippen LogP contribution in [0.5, 0.6) is 5.75 Å². The fraction of sp³-hybridized carbons (Fsp3) is 0.500. The van der Waals surface area contributed by atoms with Gasteiger partial charge >= 0.3 is 0 Å². The molecule has 2 aromatic heterocycles. The van der Waals surface area contributed by atoms with Gasteiger partial charge in [0, 0.05) is 25.7 Å². The van der Waals surface area contributed by atoms with Gasteiger partial charge in [-0.25, -0.2) is 0 Å². The number of hydrogen-bond acceptors (Lipinski definition) is 6. The number of amides is 2. The van der Waals surface area contributed by atoms with E-state index in [1.54, 1.807) is 24.1 Å². The van der Waals surface area contributed by atoms with Crippen LogP contribution in [0.1, 0.15) is 29.8 Å². The molecule has 2 aromatic rings. The Morgan fingerprint density at radius 3 is 3.00 bits per heavy atom. The Morgan fingerprint density at radius 1 is 1.46 bits per heavy atom. The van der Waals surface area contributed by atoms with Gasteiger partial charge in [-0.15, -0.1) is 0 Å². The van der Waals surface area contributed by atoms with E-state index < -0.39 is 0 Å². The number of nitrogens with one attached hydrogen (secondary N) is 2. The molecule has 1 aliphatic rings. The molecule has 0 spiro atoms. The lowest BCUT2D eigenvalue weighted by Gasteiger charge is -2.20. The summed E-state index contributed by atoms with van der Waals surface area (Å²) in [6.45, 7) is 0.392. The van der Waals surface area contributed by atoms with Crippen molar-refractivity contribution in [2.45, 2.75) is 25.3 Å². The molecule has 0 aromatic carbocycles. The first-order valence-corrected chi connectivity index (χ1v) is 8.70. The van der Waals surface area contributed by atoms with Gasteiger partial charge < -0.3 is 19.9 Å². The number of rotatable bonds is 7. The third-order valence-corrected chi connectivity index (χ3v) is 4.47. The highest BCUT2D eigenvalue weighted by Gasteiger charge is 2.30. The van der Waals surface area contributed by atoms with E-state index in [4.69, 9.17) is 20.9 Å². The average Bonchev–Trinajstić information content (AvgIpc) is 3.33. The highest BCUT2D eigenvalue weighted by molar-refractivity contribution is 6.29. The topological polar surface area (TPSA) is 111 Å². The van der Waals surface area contributed by atoms with Gasteiger partial charge in [-0.1, -0.05) is 23.2 Å². The van der Waals surface area contributed by atoms with Crippen molar-refractivity contribution in [3.05, 3.63) is 29.4 Å². The van der Waals surface area contributed by atoms with E-state index in [-0.39, 0.29) is 41.3 Å². The average molecular weight is 382 g/mol. The maximum Gasteiger partial charge on any atom is 0.290 e. The molecule has 0 radical (unpaired) electrons. The number of hydrogen-bond donors (Lipinski definition) is 2. The summed E-state index contributed by atoms with van der Waals surface area (Å²) in [7, 11) is 1.77. The monoisotopic (exact) mass is 381 g/mol. The summed E-state index contributed by atoms with van der Waals surface area (Å²) in [5, 5.41) is 13.4. The van der Waals surface area contributed by atoms with Crippen molar-refractivity contribution in [1.82, 2.24) is 25.6 Å². The molecule has 2 atom stereocenters. The lowest BCUT2D eigenvalue weighted by Crippen LogP contribution is -2.42. The fourth-order valence-electron chi connectivity index (χ4n) is 2.99. The molecule has 2 amide bonds. The van der Waals surface area contributed by atoms with Crippen LogP contribution in [0.25, 0.3) is 0 Å². The molecular formula is C16H20ClN5O4. The van der Waals surface area contributed by atoms with Crippen LogP contribution in [0.15, 0.2) is 23.0 Å². The minimum atomic E-state index is -0.354. The van der Waals surface area contributed by atoms with Crippen LogP contribution < -0.4 is 15.4 Å². The van der Waals surface area contributed by atoms with Crippen LogP contribution in [-0.4, -0.2) is 45.9 Å². The van der Waals surface area contributed by atoms with Gasteiger partial charge in [0.2, 0.25) is 5.76 Å². The summed E-state index contributed by atoms with van der Waals surface area (Å²) in [4.78, 5) is 24.1.